The molecule has 0 aromatic rings. The van der Waals surface area contributed by atoms with E-state index in [0.717, 1.165) is 0 Å². The fraction of sp³-hybridized carbons (Fsp3) is 0.667. The summed E-state index contributed by atoms with van der Waals surface area (Å²) in [6.45, 7) is 1.19. The van der Waals surface area contributed by atoms with E-state index in [4.69, 9.17) is 28.3 Å². The first-order valence-electron chi connectivity index (χ1n) is 1.56. The van der Waals surface area contributed by atoms with E-state index in [0.29, 0.717) is 0 Å². The molecule has 2 nitrogen and oxygen atoms in total. The molecule has 0 aromatic heterocycles. The van der Waals surface area contributed by atoms with Crippen molar-refractivity contribution in [3.8, 4) is 0 Å². The van der Waals surface area contributed by atoms with Gasteiger partial charge in [0.1, 0.15) is 0 Å². The van der Waals surface area contributed by atoms with Crippen LogP contribution in [-0.2, 0) is 4.79 Å². The number of alkyl halides is 2. The summed E-state index contributed by atoms with van der Waals surface area (Å²) in [6.07, 6.45) is 0. The van der Waals surface area contributed by atoms with Gasteiger partial charge in [-0.3, -0.25) is 0 Å². The van der Waals surface area contributed by atoms with Crippen molar-refractivity contribution < 1.29 is 40.9 Å². The van der Waals surface area contributed by atoms with E-state index in [2.05, 4.69) is 0 Å². The summed E-state index contributed by atoms with van der Waals surface area (Å²) < 4.78 is -1.64. The van der Waals surface area contributed by atoms with Crippen molar-refractivity contribution >= 4 is 29.2 Å². The molecule has 44 valence electrons. The van der Waals surface area contributed by atoms with Crippen LogP contribution in [0.5, 0.6) is 0 Å². The number of halogens is 2. The molecule has 0 radical (unpaired) electrons. The van der Waals surface area contributed by atoms with Crippen LogP contribution in [0.4, 0.5) is 0 Å². The Balaban J connectivity index is -0.000000180. The topological polar surface area (TPSA) is 37.3 Å². The number of hydrogen-bond donors (Lipinski definition) is 1. The Hall–Kier alpha value is 1.05. The first kappa shape index (κ1) is 11.8. The molecule has 0 unspecified atom stereocenters. The van der Waals surface area contributed by atoms with Crippen LogP contribution in [0.2, 0.25) is 0 Å². The standard InChI is InChI=1S/C3H4Cl2O2.Na.H/c1-3(4,5)2(6)7;;/h1H3,(H,6,7);;/q;+1;-1. The number of hydrogen-bond acceptors (Lipinski definition) is 1. The van der Waals surface area contributed by atoms with Crippen LogP contribution in [0.15, 0.2) is 0 Å². The maximum atomic E-state index is 9.76. The van der Waals surface area contributed by atoms with Crippen molar-refractivity contribution in [1.82, 2.24) is 0 Å². The number of rotatable bonds is 1. The predicted octanol–water partition coefficient (Wildman–Crippen LogP) is -1.62. The molecule has 0 saturated heterocycles. The average molecular weight is 167 g/mol. The normalized spacial score (nSPS) is 9.88. The molecule has 0 aromatic carbocycles. The molecule has 0 fully saturated rings. The number of carboxylic acid groups (broad SMARTS) is 1. The SMILES string of the molecule is CC(Cl)(Cl)C(=O)O.[H-].[Na+]. The Morgan fingerprint density at radius 3 is 1.88 bits per heavy atom. The van der Waals surface area contributed by atoms with Crippen LogP contribution in [0.25, 0.3) is 0 Å². The second kappa shape index (κ2) is 3.96. The van der Waals surface area contributed by atoms with Crippen molar-refractivity contribution in [3.63, 3.8) is 0 Å². The Morgan fingerprint density at radius 2 is 1.88 bits per heavy atom. The van der Waals surface area contributed by atoms with E-state index < -0.39 is 10.3 Å². The smallest absolute Gasteiger partial charge is 1.00 e. The third-order valence-corrected chi connectivity index (χ3v) is 0.699. The van der Waals surface area contributed by atoms with Gasteiger partial charge in [0.25, 0.3) is 0 Å². The van der Waals surface area contributed by atoms with E-state index in [-0.39, 0.29) is 31.0 Å². The van der Waals surface area contributed by atoms with Crippen LogP contribution in [0.3, 0.4) is 0 Å². The molecule has 0 amide bonds. The van der Waals surface area contributed by atoms with E-state index in [1.807, 2.05) is 0 Å². The van der Waals surface area contributed by atoms with Gasteiger partial charge < -0.3 is 6.53 Å². The Bertz CT molecular complexity index is 92.3. The number of carboxylic acids is 1. The summed E-state index contributed by atoms with van der Waals surface area (Å²) in [7, 11) is 0. The molecule has 5 heteroatoms. The minimum absolute atomic E-state index is 0. The van der Waals surface area contributed by atoms with Gasteiger partial charge in [0, 0.05) is 0 Å². The first-order valence-corrected chi connectivity index (χ1v) is 2.31. The summed E-state index contributed by atoms with van der Waals surface area (Å²) in [5, 5.41) is 7.99. The molecule has 0 aliphatic rings. The monoisotopic (exact) mass is 166 g/mol. The van der Waals surface area contributed by atoms with Crippen molar-refractivity contribution in [1.29, 1.82) is 0 Å². The molecule has 0 rings (SSSR count). The molecular weight excluding hydrogens is 162 g/mol. The van der Waals surface area contributed by atoms with Gasteiger partial charge in [-0.2, -0.15) is 0 Å². The Labute approximate surface area is 80.9 Å². The van der Waals surface area contributed by atoms with E-state index in [9.17, 15) is 4.79 Å². The molecule has 0 aliphatic carbocycles. The van der Waals surface area contributed by atoms with Gasteiger partial charge in [-0.05, 0) is 6.92 Å². The number of carbonyl (C=O) groups is 1. The fourth-order valence-electron chi connectivity index (χ4n) is 0. The van der Waals surface area contributed by atoms with E-state index >= 15 is 0 Å². The maximum Gasteiger partial charge on any atom is 1.00 e. The Kier molecular flexibility index (Phi) is 5.84. The number of aliphatic carboxylic acids is 1. The Morgan fingerprint density at radius 1 is 1.75 bits per heavy atom. The summed E-state index contributed by atoms with van der Waals surface area (Å²) >= 11 is 10.1. The van der Waals surface area contributed by atoms with Crippen LogP contribution in [0.1, 0.15) is 8.35 Å². The van der Waals surface area contributed by atoms with Gasteiger partial charge in [0.15, 0.2) is 0 Å². The summed E-state index contributed by atoms with van der Waals surface area (Å²) in [6, 6.07) is 0. The second-order valence-electron chi connectivity index (χ2n) is 1.19. The average Bonchev–Trinajstić information content (AvgIpc) is 1.31. The summed E-state index contributed by atoms with van der Waals surface area (Å²) in [5.74, 6) is -1.23. The zero-order chi connectivity index (χ0) is 6.08. The third kappa shape index (κ3) is 5.19. The minimum atomic E-state index is -1.64. The van der Waals surface area contributed by atoms with Crippen LogP contribution in [-0.4, -0.2) is 15.4 Å². The molecule has 0 aliphatic heterocycles. The van der Waals surface area contributed by atoms with Gasteiger partial charge in [0.2, 0.25) is 4.33 Å². The molecular formula is C3H5Cl2NaO2. The molecule has 0 saturated carbocycles. The van der Waals surface area contributed by atoms with Crippen molar-refractivity contribution in [2.45, 2.75) is 11.3 Å². The van der Waals surface area contributed by atoms with Gasteiger partial charge in [-0.1, -0.05) is 23.2 Å². The quantitative estimate of drug-likeness (QED) is 0.376. The second-order valence-corrected chi connectivity index (χ2v) is 2.90. The summed E-state index contributed by atoms with van der Waals surface area (Å²) in [4.78, 5) is 9.76. The molecule has 0 atom stereocenters. The van der Waals surface area contributed by atoms with Gasteiger partial charge in [-0.25, -0.2) is 4.79 Å². The van der Waals surface area contributed by atoms with Crippen LogP contribution >= 0.6 is 23.2 Å². The zero-order valence-electron chi connectivity index (χ0n) is 5.61. The van der Waals surface area contributed by atoms with E-state index in [1.54, 1.807) is 0 Å². The van der Waals surface area contributed by atoms with Gasteiger partial charge in [-0.15, -0.1) is 0 Å². The largest absolute Gasteiger partial charge is 1.00 e. The molecule has 1 N–H and O–H groups in total. The minimum Gasteiger partial charge on any atom is -1.00 e. The first-order chi connectivity index (χ1) is 2.94. The zero-order valence-corrected chi connectivity index (χ0v) is 8.12. The third-order valence-electron chi connectivity index (χ3n) is 0.376. The van der Waals surface area contributed by atoms with Crippen molar-refractivity contribution in [3.05, 3.63) is 0 Å². The molecule has 8 heavy (non-hydrogen) atoms. The van der Waals surface area contributed by atoms with E-state index in [1.165, 1.54) is 6.92 Å². The maximum absolute atomic E-state index is 9.76. The van der Waals surface area contributed by atoms with Gasteiger partial charge in [0.05, 0.1) is 0 Å². The predicted molar refractivity (Wildman–Crippen MR) is 28.9 cm³/mol. The van der Waals surface area contributed by atoms with Crippen LogP contribution < -0.4 is 29.6 Å². The molecule has 0 heterocycles. The van der Waals surface area contributed by atoms with Gasteiger partial charge >= 0.3 is 35.5 Å². The van der Waals surface area contributed by atoms with Crippen molar-refractivity contribution in [2.24, 2.45) is 0 Å². The molecule has 0 bridgehead atoms. The van der Waals surface area contributed by atoms with Crippen LogP contribution in [0, 0.1) is 0 Å². The summed E-state index contributed by atoms with van der Waals surface area (Å²) in [5.41, 5.74) is 0. The fourth-order valence-corrected chi connectivity index (χ4v) is 0. The van der Waals surface area contributed by atoms with Crippen molar-refractivity contribution in [2.75, 3.05) is 0 Å². The molecule has 0 spiro atoms.